The summed E-state index contributed by atoms with van der Waals surface area (Å²) < 4.78 is 0. The highest BCUT2D eigenvalue weighted by molar-refractivity contribution is 5.75. The maximum atomic E-state index is 3.73. The molecule has 1 aromatic rings. The van der Waals surface area contributed by atoms with E-state index in [1.54, 1.807) is 0 Å². The topological polar surface area (TPSA) is 15.3 Å². The molecule has 0 unspecified atom stereocenters. The van der Waals surface area contributed by atoms with Gasteiger partial charge in [-0.1, -0.05) is 49.8 Å². The molecule has 1 aliphatic rings. The summed E-state index contributed by atoms with van der Waals surface area (Å²) in [5, 5.41) is 3.73. The molecule has 0 amide bonds. The zero-order valence-corrected chi connectivity index (χ0v) is 15.4. The van der Waals surface area contributed by atoms with Crippen LogP contribution in [-0.2, 0) is 5.54 Å². The number of nitrogens with zero attached hydrogens (tertiary/aromatic N) is 1. The highest BCUT2D eigenvalue weighted by Crippen LogP contribution is 2.34. The Labute approximate surface area is 142 Å². The van der Waals surface area contributed by atoms with Crippen LogP contribution in [0.15, 0.2) is 42.0 Å². The first-order chi connectivity index (χ1) is 10.9. The van der Waals surface area contributed by atoms with E-state index < -0.39 is 0 Å². The molecule has 2 rings (SSSR count). The zero-order chi connectivity index (χ0) is 16.9. The number of benzene rings is 1. The second kappa shape index (κ2) is 7.94. The van der Waals surface area contributed by atoms with Crippen LogP contribution in [0.5, 0.6) is 0 Å². The highest BCUT2D eigenvalue weighted by Gasteiger charge is 2.24. The van der Waals surface area contributed by atoms with Gasteiger partial charge in [0.25, 0.3) is 0 Å². The zero-order valence-electron chi connectivity index (χ0n) is 15.4. The van der Waals surface area contributed by atoms with Crippen molar-refractivity contribution in [3.8, 4) is 0 Å². The van der Waals surface area contributed by atoms with Crippen molar-refractivity contribution in [2.75, 3.05) is 27.2 Å². The van der Waals surface area contributed by atoms with E-state index in [4.69, 9.17) is 0 Å². The van der Waals surface area contributed by atoms with Gasteiger partial charge < -0.3 is 10.2 Å². The molecule has 0 spiro atoms. The van der Waals surface area contributed by atoms with E-state index in [0.717, 1.165) is 19.5 Å². The van der Waals surface area contributed by atoms with Crippen LogP contribution in [0.1, 0.15) is 51.2 Å². The van der Waals surface area contributed by atoms with E-state index in [9.17, 15) is 0 Å². The summed E-state index contributed by atoms with van der Waals surface area (Å²) in [7, 11) is 4.25. The summed E-state index contributed by atoms with van der Waals surface area (Å²) in [5.41, 5.74) is 5.67. The Morgan fingerprint density at radius 1 is 1.17 bits per heavy atom. The summed E-state index contributed by atoms with van der Waals surface area (Å²) in [4.78, 5) is 2.23. The Bertz CT molecular complexity index is 579. The number of hydrogen-bond acceptors (Lipinski definition) is 2. The fraction of sp³-hybridized carbons (Fsp3) is 0.524. The minimum Gasteiger partial charge on any atom is -0.308 e. The number of nitrogens with one attached hydrogen (secondary N) is 1. The minimum atomic E-state index is -0.00307. The summed E-state index contributed by atoms with van der Waals surface area (Å²) in [6, 6.07) is 8.87. The van der Waals surface area contributed by atoms with E-state index in [1.807, 2.05) is 0 Å². The molecule has 0 fully saturated rings. The Hall–Kier alpha value is -1.38. The van der Waals surface area contributed by atoms with Crippen LogP contribution in [0.2, 0.25) is 0 Å². The van der Waals surface area contributed by atoms with Gasteiger partial charge in [-0.2, -0.15) is 0 Å². The fourth-order valence-corrected chi connectivity index (χ4v) is 3.23. The van der Waals surface area contributed by atoms with Gasteiger partial charge in [-0.3, -0.25) is 0 Å². The van der Waals surface area contributed by atoms with Gasteiger partial charge in [-0.25, -0.2) is 0 Å². The molecule has 126 valence electrons. The predicted octanol–water partition coefficient (Wildman–Crippen LogP) is 4.59. The first-order valence-electron chi connectivity index (χ1n) is 8.83. The molecule has 2 nitrogen and oxygen atoms in total. The maximum absolute atomic E-state index is 3.73. The van der Waals surface area contributed by atoms with Gasteiger partial charge in [0.2, 0.25) is 0 Å². The Balaban J connectivity index is 2.22. The van der Waals surface area contributed by atoms with Crippen LogP contribution in [0, 0.1) is 0 Å². The Kier molecular flexibility index (Phi) is 6.20. The fourth-order valence-electron chi connectivity index (χ4n) is 3.23. The number of rotatable bonds is 8. The van der Waals surface area contributed by atoms with Crippen molar-refractivity contribution in [2.24, 2.45) is 0 Å². The summed E-state index contributed by atoms with van der Waals surface area (Å²) in [6.07, 6.45) is 8.24. The number of likely N-dealkylation sites (N-methyl/N-ethyl adjacent to an activating group) is 1. The van der Waals surface area contributed by atoms with Gasteiger partial charge in [0, 0.05) is 12.1 Å². The Morgan fingerprint density at radius 3 is 2.61 bits per heavy atom. The Morgan fingerprint density at radius 2 is 1.91 bits per heavy atom. The van der Waals surface area contributed by atoms with Crippen molar-refractivity contribution in [3.05, 3.63) is 53.1 Å². The third-order valence-corrected chi connectivity index (χ3v) is 4.49. The molecule has 23 heavy (non-hydrogen) atoms. The second-order valence-corrected chi connectivity index (χ2v) is 7.34. The molecule has 0 atom stereocenters. The number of allylic oxidation sites excluding steroid dienone is 2. The lowest BCUT2D eigenvalue weighted by atomic mass is 9.86. The average molecular weight is 313 g/mol. The van der Waals surface area contributed by atoms with Gasteiger partial charge in [-0.15, -0.1) is 0 Å². The van der Waals surface area contributed by atoms with Crippen LogP contribution in [0.25, 0.3) is 5.57 Å². The molecule has 0 heterocycles. The third kappa shape index (κ3) is 4.79. The lowest BCUT2D eigenvalue weighted by Gasteiger charge is -2.30. The van der Waals surface area contributed by atoms with Crippen LogP contribution in [-0.4, -0.2) is 32.1 Å². The van der Waals surface area contributed by atoms with Crippen LogP contribution < -0.4 is 5.32 Å². The first-order valence-corrected chi connectivity index (χ1v) is 8.83. The van der Waals surface area contributed by atoms with Gasteiger partial charge >= 0.3 is 0 Å². The van der Waals surface area contributed by atoms with Gasteiger partial charge in [0.15, 0.2) is 0 Å². The smallest absolute Gasteiger partial charge is 0.0383 e. The van der Waals surface area contributed by atoms with Crippen molar-refractivity contribution in [1.82, 2.24) is 10.2 Å². The van der Waals surface area contributed by atoms with Gasteiger partial charge in [0.1, 0.15) is 0 Å². The molecule has 2 heteroatoms. The van der Waals surface area contributed by atoms with E-state index >= 15 is 0 Å². The highest BCUT2D eigenvalue weighted by atomic mass is 15.0. The lowest BCUT2D eigenvalue weighted by molar-refractivity contribution is 0.398. The average Bonchev–Trinajstić information content (AvgIpc) is 2.95. The molecule has 1 aliphatic carbocycles. The maximum Gasteiger partial charge on any atom is 0.0383 e. The molecule has 1 aromatic carbocycles. The predicted molar refractivity (Wildman–Crippen MR) is 102 cm³/mol. The van der Waals surface area contributed by atoms with Crippen LogP contribution in [0.4, 0.5) is 0 Å². The standard InChI is InChI=1S/C21H32N2/c1-6-7-14-22-21(2,3)20-11-9-8-10-19(20)18-13-12-17(15-18)16-23(4)5/h8-12,15,22H,6-7,13-14,16H2,1-5H3. The van der Waals surface area contributed by atoms with Crippen LogP contribution >= 0.6 is 0 Å². The summed E-state index contributed by atoms with van der Waals surface area (Å²) in [5.74, 6) is 0. The third-order valence-electron chi connectivity index (χ3n) is 4.49. The minimum absolute atomic E-state index is 0.00307. The molecule has 0 saturated heterocycles. The van der Waals surface area contributed by atoms with Crippen molar-refractivity contribution >= 4 is 5.57 Å². The number of unbranched alkanes of at least 4 members (excludes halogenated alkanes) is 1. The van der Waals surface area contributed by atoms with Gasteiger partial charge in [0.05, 0.1) is 0 Å². The molecule has 0 bridgehead atoms. The summed E-state index contributed by atoms with van der Waals surface area (Å²) in [6.45, 7) is 8.92. The normalized spacial score (nSPS) is 15.0. The molecule has 0 aromatic heterocycles. The van der Waals surface area contributed by atoms with Crippen molar-refractivity contribution < 1.29 is 0 Å². The van der Waals surface area contributed by atoms with E-state index in [-0.39, 0.29) is 5.54 Å². The molecule has 0 radical (unpaired) electrons. The van der Waals surface area contributed by atoms with Crippen molar-refractivity contribution in [1.29, 1.82) is 0 Å². The number of hydrogen-bond donors (Lipinski definition) is 1. The largest absolute Gasteiger partial charge is 0.308 e. The first kappa shape index (κ1) is 18.0. The molecule has 1 N–H and O–H groups in total. The molecule has 0 saturated carbocycles. The quantitative estimate of drug-likeness (QED) is 0.706. The van der Waals surface area contributed by atoms with Crippen molar-refractivity contribution in [2.45, 2.75) is 45.6 Å². The van der Waals surface area contributed by atoms with Gasteiger partial charge in [-0.05, 0) is 69.6 Å². The van der Waals surface area contributed by atoms with E-state index in [1.165, 1.54) is 35.1 Å². The summed E-state index contributed by atoms with van der Waals surface area (Å²) >= 11 is 0. The molecule has 0 aliphatic heterocycles. The molecular formula is C21H32N2. The van der Waals surface area contributed by atoms with E-state index in [0.29, 0.717) is 0 Å². The van der Waals surface area contributed by atoms with E-state index in [2.05, 4.69) is 81.5 Å². The SMILES string of the molecule is CCCCNC(C)(C)c1ccccc1C1=CC(CN(C)C)=CC1. The van der Waals surface area contributed by atoms with Crippen LogP contribution in [0.3, 0.4) is 0 Å². The van der Waals surface area contributed by atoms with Crippen molar-refractivity contribution in [3.63, 3.8) is 0 Å². The molecular weight excluding hydrogens is 280 g/mol. The second-order valence-electron chi connectivity index (χ2n) is 7.34. The lowest BCUT2D eigenvalue weighted by Crippen LogP contribution is -2.37. The monoisotopic (exact) mass is 312 g/mol.